The van der Waals surface area contributed by atoms with Gasteiger partial charge in [-0.15, -0.1) is 0 Å². The standard InChI is InChI=1S/C11H21O6PS2/c1-6-16-10(12)7-9(11(13)17-8(2)3)20-18(19,14-4)15-5/h8-9H,6-7H2,1-5H3/t9-/m0/s1. The van der Waals surface area contributed by atoms with Gasteiger partial charge in [-0.05, 0) is 32.6 Å². The summed E-state index contributed by atoms with van der Waals surface area (Å²) in [6, 6.07) is 0. The Morgan fingerprint density at radius 2 is 1.80 bits per heavy atom. The minimum Gasteiger partial charge on any atom is -0.466 e. The third kappa shape index (κ3) is 7.59. The Bertz CT molecular complexity index is 366. The predicted octanol–water partition coefficient (Wildman–Crippen LogP) is 2.51. The second-order valence-electron chi connectivity index (χ2n) is 3.90. The average molecular weight is 344 g/mol. The van der Waals surface area contributed by atoms with Crippen LogP contribution in [-0.4, -0.2) is 44.1 Å². The maximum absolute atomic E-state index is 12.0. The van der Waals surface area contributed by atoms with Crippen molar-refractivity contribution in [3.05, 3.63) is 0 Å². The van der Waals surface area contributed by atoms with E-state index in [0.717, 1.165) is 11.4 Å². The fraction of sp³-hybridized carbons (Fsp3) is 0.818. The number of hydrogen-bond donors (Lipinski definition) is 0. The van der Waals surface area contributed by atoms with Crippen LogP contribution in [0.25, 0.3) is 0 Å². The molecule has 20 heavy (non-hydrogen) atoms. The molecule has 0 spiro atoms. The van der Waals surface area contributed by atoms with Crippen molar-refractivity contribution >= 4 is 40.8 Å². The fourth-order valence-corrected chi connectivity index (χ4v) is 5.01. The first-order chi connectivity index (χ1) is 9.27. The molecule has 0 aromatic rings. The van der Waals surface area contributed by atoms with Gasteiger partial charge in [0.05, 0.1) is 19.1 Å². The van der Waals surface area contributed by atoms with Crippen molar-refractivity contribution in [2.45, 2.75) is 38.5 Å². The minimum absolute atomic E-state index is 0.130. The van der Waals surface area contributed by atoms with Crippen LogP contribution in [0.5, 0.6) is 0 Å². The molecule has 1 atom stereocenters. The number of carbonyl (C=O) groups excluding carboxylic acids is 2. The minimum atomic E-state index is -2.67. The molecule has 0 aromatic heterocycles. The first kappa shape index (κ1) is 19.9. The highest BCUT2D eigenvalue weighted by Crippen LogP contribution is 2.62. The van der Waals surface area contributed by atoms with Crippen molar-refractivity contribution in [2.24, 2.45) is 0 Å². The highest BCUT2D eigenvalue weighted by Gasteiger charge is 2.32. The lowest BCUT2D eigenvalue weighted by atomic mass is 10.3. The third-order valence-corrected chi connectivity index (χ3v) is 7.84. The van der Waals surface area contributed by atoms with E-state index < -0.39 is 22.9 Å². The van der Waals surface area contributed by atoms with Gasteiger partial charge in [0, 0.05) is 14.2 Å². The molecule has 9 heteroatoms. The van der Waals surface area contributed by atoms with Crippen LogP contribution < -0.4 is 0 Å². The SMILES string of the molecule is CCOC(=O)C[C@H](SP(=S)(OC)OC)C(=O)OC(C)C. The van der Waals surface area contributed by atoms with Gasteiger partial charge >= 0.3 is 11.9 Å². The second kappa shape index (κ2) is 9.73. The second-order valence-corrected chi connectivity index (χ2v) is 10.5. The van der Waals surface area contributed by atoms with Crippen LogP contribution in [0, 0.1) is 0 Å². The monoisotopic (exact) mass is 344 g/mol. The molecule has 0 amide bonds. The number of hydrogen-bond acceptors (Lipinski definition) is 8. The summed E-state index contributed by atoms with van der Waals surface area (Å²) < 4.78 is 20.2. The van der Waals surface area contributed by atoms with Crippen LogP contribution >= 0.6 is 17.1 Å². The molecule has 0 N–H and O–H groups in total. The highest BCUT2D eigenvalue weighted by molar-refractivity contribution is 8.68. The topological polar surface area (TPSA) is 71.1 Å². The summed E-state index contributed by atoms with van der Waals surface area (Å²) in [5.74, 6) is -1.01. The van der Waals surface area contributed by atoms with Gasteiger partial charge in [-0.3, -0.25) is 9.59 Å². The molecule has 0 saturated carbocycles. The molecule has 0 aliphatic carbocycles. The van der Waals surface area contributed by atoms with Crippen LogP contribution in [0.4, 0.5) is 0 Å². The first-order valence-electron chi connectivity index (χ1n) is 6.04. The van der Waals surface area contributed by atoms with E-state index in [4.69, 9.17) is 30.3 Å². The van der Waals surface area contributed by atoms with Gasteiger partial charge in [0.25, 0.3) is 0 Å². The van der Waals surface area contributed by atoms with Gasteiger partial charge in [0.2, 0.25) is 5.69 Å². The smallest absolute Gasteiger partial charge is 0.320 e. The summed E-state index contributed by atoms with van der Waals surface area (Å²) in [4.78, 5) is 23.6. The molecule has 0 fully saturated rings. The van der Waals surface area contributed by atoms with Crippen LogP contribution in [-0.2, 0) is 39.9 Å². The van der Waals surface area contributed by atoms with Gasteiger partial charge < -0.3 is 18.5 Å². The zero-order valence-electron chi connectivity index (χ0n) is 12.3. The summed E-state index contributed by atoms with van der Waals surface area (Å²) >= 11 is 6.20. The summed E-state index contributed by atoms with van der Waals surface area (Å²) in [5.41, 5.74) is -2.67. The van der Waals surface area contributed by atoms with Gasteiger partial charge in [-0.25, -0.2) is 0 Å². The molecule has 0 radical (unpaired) electrons. The van der Waals surface area contributed by atoms with Crippen molar-refractivity contribution in [2.75, 3.05) is 20.8 Å². The molecule has 0 aromatic carbocycles. The lowest BCUT2D eigenvalue weighted by molar-refractivity contribution is -0.151. The van der Waals surface area contributed by atoms with Crippen molar-refractivity contribution < 1.29 is 28.1 Å². The Morgan fingerprint density at radius 3 is 2.20 bits per heavy atom. The zero-order valence-corrected chi connectivity index (χ0v) is 14.8. The quantitative estimate of drug-likeness (QED) is 0.467. The molecule has 0 aliphatic heterocycles. The van der Waals surface area contributed by atoms with Crippen LogP contribution in [0.3, 0.4) is 0 Å². The zero-order chi connectivity index (χ0) is 15.8. The van der Waals surface area contributed by atoms with Crippen molar-refractivity contribution in [3.8, 4) is 0 Å². The Balaban J connectivity index is 4.91. The van der Waals surface area contributed by atoms with Crippen LogP contribution in [0.2, 0.25) is 0 Å². The summed E-state index contributed by atoms with van der Waals surface area (Å²) in [6.45, 7) is 5.40. The maximum atomic E-state index is 12.0. The molecule has 0 aliphatic rings. The lowest BCUT2D eigenvalue weighted by Gasteiger charge is -2.22. The van der Waals surface area contributed by atoms with E-state index in [9.17, 15) is 9.59 Å². The van der Waals surface area contributed by atoms with Gasteiger partial charge in [0.1, 0.15) is 5.25 Å². The number of carbonyl (C=O) groups is 2. The molecule has 0 heterocycles. The normalized spacial score (nSPS) is 13.1. The van der Waals surface area contributed by atoms with Crippen LogP contribution in [0.1, 0.15) is 27.2 Å². The Morgan fingerprint density at radius 1 is 1.25 bits per heavy atom. The van der Waals surface area contributed by atoms with E-state index in [1.807, 2.05) is 0 Å². The molecule has 0 rings (SSSR count). The summed E-state index contributed by atoms with van der Waals surface area (Å²) in [6.07, 6.45) is -0.412. The van der Waals surface area contributed by atoms with Crippen molar-refractivity contribution in [1.82, 2.24) is 0 Å². The van der Waals surface area contributed by atoms with E-state index in [0.29, 0.717) is 0 Å². The van der Waals surface area contributed by atoms with Crippen molar-refractivity contribution in [1.29, 1.82) is 0 Å². The fourth-order valence-electron chi connectivity index (χ4n) is 1.16. The number of rotatable bonds is 9. The molecule has 0 saturated heterocycles. The third-order valence-electron chi connectivity index (χ3n) is 1.98. The number of esters is 2. The Hall–Kier alpha value is -0.140. The lowest BCUT2D eigenvalue weighted by Crippen LogP contribution is -2.26. The number of ether oxygens (including phenoxy) is 2. The van der Waals surface area contributed by atoms with Gasteiger partial charge in [-0.1, -0.05) is 11.4 Å². The Labute approximate surface area is 128 Å². The Kier molecular flexibility index (Phi) is 9.67. The molecule has 0 bridgehead atoms. The van der Waals surface area contributed by atoms with Crippen LogP contribution in [0.15, 0.2) is 0 Å². The predicted molar refractivity (Wildman–Crippen MR) is 82.2 cm³/mol. The summed E-state index contributed by atoms with van der Waals surface area (Å²) in [5, 5.41) is -0.804. The molecular formula is C11H21O6PS2. The largest absolute Gasteiger partial charge is 0.466 e. The van der Waals surface area contributed by atoms with E-state index in [1.165, 1.54) is 14.2 Å². The summed E-state index contributed by atoms with van der Waals surface area (Å²) in [7, 11) is 2.82. The first-order valence-corrected chi connectivity index (χ1v) is 10.2. The molecule has 0 unspecified atom stereocenters. The van der Waals surface area contributed by atoms with Gasteiger partial charge in [0.15, 0.2) is 0 Å². The van der Waals surface area contributed by atoms with E-state index >= 15 is 0 Å². The molecular weight excluding hydrogens is 323 g/mol. The molecule has 118 valence electrons. The van der Waals surface area contributed by atoms with E-state index in [2.05, 4.69) is 0 Å². The van der Waals surface area contributed by atoms with E-state index in [1.54, 1.807) is 20.8 Å². The van der Waals surface area contributed by atoms with Gasteiger partial charge in [-0.2, -0.15) is 0 Å². The molecule has 6 nitrogen and oxygen atoms in total. The van der Waals surface area contributed by atoms with Crippen molar-refractivity contribution in [3.63, 3.8) is 0 Å². The maximum Gasteiger partial charge on any atom is 0.320 e. The highest BCUT2D eigenvalue weighted by atomic mass is 32.9. The average Bonchev–Trinajstić information content (AvgIpc) is 2.37. The van der Waals surface area contributed by atoms with E-state index in [-0.39, 0.29) is 19.1 Å².